The van der Waals surface area contributed by atoms with Gasteiger partial charge in [0.1, 0.15) is 17.3 Å². The molecule has 3 aromatic rings. The predicted molar refractivity (Wildman–Crippen MR) is 129 cm³/mol. The van der Waals surface area contributed by atoms with Crippen LogP contribution in [0.15, 0.2) is 77.9 Å². The molecular formula is C27H28FN3O3. The molecule has 176 valence electrons. The highest BCUT2D eigenvalue weighted by Crippen LogP contribution is 2.39. The lowest BCUT2D eigenvalue weighted by Gasteiger charge is -2.26. The van der Waals surface area contributed by atoms with Crippen molar-refractivity contribution in [3.63, 3.8) is 0 Å². The first-order valence-corrected chi connectivity index (χ1v) is 11.1. The van der Waals surface area contributed by atoms with Gasteiger partial charge in [-0.3, -0.25) is 9.69 Å². The molecule has 0 aromatic heterocycles. The molecule has 1 aliphatic heterocycles. The van der Waals surface area contributed by atoms with E-state index in [1.54, 1.807) is 44.6 Å². The summed E-state index contributed by atoms with van der Waals surface area (Å²) < 4.78 is 25.6. The molecule has 4 rings (SSSR count). The van der Waals surface area contributed by atoms with Crippen LogP contribution in [0.5, 0.6) is 11.5 Å². The van der Waals surface area contributed by atoms with Crippen molar-refractivity contribution in [2.45, 2.75) is 19.0 Å². The second-order valence-electron chi connectivity index (χ2n) is 8.25. The summed E-state index contributed by atoms with van der Waals surface area (Å²) in [7, 11) is 5.06. The van der Waals surface area contributed by atoms with Crippen LogP contribution < -0.4 is 9.47 Å². The number of hydrogen-bond acceptors (Lipinski definition) is 5. The number of halogens is 1. The van der Waals surface area contributed by atoms with Crippen molar-refractivity contribution in [1.29, 1.82) is 0 Å². The largest absolute Gasteiger partial charge is 0.497 e. The monoisotopic (exact) mass is 461 g/mol. The molecule has 0 fully saturated rings. The van der Waals surface area contributed by atoms with Crippen molar-refractivity contribution in [2.24, 2.45) is 5.10 Å². The third-order valence-electron chi connectivity index (χ3n) is 5.85. The number of hydrogen-bond donors (Lipinski definition) is 0. The van der Waals surface area contributed by atoms with Gasteiger partial charge in [-0.2, -0.15) is 5.10 Å². The average Bonchev–Trinajstić information content (AvgIpc) is 3.29. The van der Waals surface area contributed by atoms with E-state index in [-0.39, 0.29) is 18.3 Å². The summed E-state index contributed by atoms with van der Waals surface area (Å²) in [4.78, 5) is 15.4. The fraction of sp³-hybridized carbons (Fsp3) is 0.259. The first-order valence-electron chi connectivity index (χ1n) is 11.1. The Kier molecular flexibility index (Phi) is 7.23. The number of methoxy groups -OCH3 is 2. The molecule has 0 bridgehead atoms. The van der Waals surface area contributed by atoms with E-state index in [2.05, 4.69) is 5.10 Å². The molecule has 6 nitrogen and oxygen atoms in total. The lowest BCUT2D eigenvalue weighted by atomic mass is 9.97. The number of hydrazone groups is 1. The van der Waals surface area contributed by atoms with E-state index in [4.69, 9.17) is 9.47 Å². The molecule has 0 radical (unpaired) electrons. The van der Waals surface area contributed by atoms with Crippen molar-refractivity contribution in [2.75, 3.05) is 27.8 Å². The van der Waals surface area contributed by atoms with Crippen LogP contribution in [0.1, 0.15) is 29.2 Å². The molecule has 1 aliphatic rings. The molecule has 0 aliphatic carbocycles. The first kappa shape index (κ1) is 23.4. The molecule has 34 heavy (non-hydrogen) atoms. The van der Waals surface area contributed by atoms with Gasteiger partial charge in [0.15, 0.2) is 0 Å². The van der Waals surface area contributed by atoms with Crippen LogP contribution in [0.2, 0.25) is 0 Å². The number of nitrogens with zero attached hydrogens (tertiary/aromatic N) is 3. The molecule has 0 spiro atoms. The zero-order valence-corrected chi connectivity index (χ0v) is 19.6. The third-order valence-corrected chi connectivity index (χ3v) is 5.85. The van der Waals surface area contributed by atoms with Crippen molar-refractivity contribution in [3.05, 3.63) is 95.3 Å². The van der Waals surface area contributed by atoms with Gasteiger partial charge in [0.25, 0.3) is 5.91 Å². The third kappa shape index (κ3) is 5.10. The molecule has 3 aromatic carbocycles. The Bertz CT molecular complexity index is 1180. The number of benzene rings is 3. The van der Waals surface area contributed by atoms with E-state index < -0.39 is 6.04 Å². The van der Waals surface area contributed by atoms with E-state index in [9.17, 15) is 9.18 Å². The lowest BCUT2D eigenvalue weighted by molar-refractivity contribution is -0.134. The van der Waals surface area contributed by atoms with Gasteiger partial charge in [-0.15, -0.1) is 0 Å². The summed E-state index contributed by atoms with van der Waals surface area (Å²) in [6.45, 7) is 0.781. The quantitative estimate of drug-likeness (QED) is 0.490. The Hall–Kier alpha value is -3.71. The molecule has 0 saturated carbocycles. The Labute approximate surface area is 199 Å². The van der Waals surface area contributed by atoms with Gasteiger partial charge in [0.2, 0.25) is 0 Å². The highest BCUT2D eigenvalue weighted by molar-refractivity contribution is 6.03. The van der Waals surface area contributed by atoms with Crippen molar-refractivity contribution in [3.8, 4) is 11.5 Å². The molecule has 0 unspecified atom stereocenters. The molecule has 0 saturated heterocycles. The zero-order chi connectivity index (χ0) is 24.1. The number of rotatable bonds is 8. The fourth-order valence-electron chi connectivity index (χ4n) is 4.19. The highest BCUT2D eigenvalue weighted by Gasteiger charge is 2.36. The standard InChI is InChI=1S/C27H28FN3O3/c1-30(17-19-9-5-4-6-10-19)18-27(32)31-25(22-15-20(33-2)13-14-26(22)34-3)16-24(29-31)21-11-7-8-12-23(21)28/h4-15,25H,16-18H2,1-3H3/t25-/m0/s1. The van der Waals surface area contributed by atoms with Gasteiger partial charge >= 0.3 is 0 Å². The zero-order valence-electron chi connectivity index (χ0n) is 19.6. The summed E-state index contributed by atoms with van der Waals surface area (Å²) in [6, 6.07) is 21.4. The molecule has 7 heteroatoms. The number of ether oxygens (including phenoxy) is 2. The highest BCUT2D eigenvalue weighted by atomic mass is 19.1. The predicted octanol–water partition coefficient (Wildman–Crippen LogP) is 4.65. The van der Waals surface area contributed by atoms with Gasteiger partial charge < -0.3 is 9.47 Å². The molecule has 1 atom stereocenters. The van der Waals surface area contributed by atoms with E-state index in [1.807, 2.05) is 48.3 Å². The van der Waals surface area contributed by atoms with Crippen LogP contribution in [0.4, 0.5) is 4.39 Å². The Morgan fingerprint density at radius 3 is 2.50 bits per heavy atom. The molecular weight excluding hydrogens is 433 g/mol. The van der Waals surface area contributed by atoms with E-state index in [0.29, 0.717) is 35.7 Å². The van der Waals surface area contributed by atoms with E-state index >= 15 is 0 Å². The van der Waals surface area contributed by atoms with Gasteiger partial charge in [-0.05, 0) is 36.9 Å². The minimum atomic E-state index is -0.447. The maximum absolute atomic E-state index is 14.6. The van der Waals surface area contributed by atoms with E-state index in [1.165, 1.54) is 11.1 Å². The Morgan fingerprint density at radius 1 is 1.06 bits per heavy atom. The second kappa shape index (κ2) is 10.5. The van der Waals surface area contributed by atoms with E-state index in [0.717, 1.165) is 11.1 Å². The SMILES string of the molecule is COc1ccc(OC)c([C@@H]2CC(c3ccccc3F)=NN2C(=O)CN(C)Cc2ccccc2)c1. The topological polar surface area (TPSA) is 54.4 Å². The van der Waals surface area contributed by atoms with Crippen LogP contribution in [0.25, 0.3) is 0 Å². The van der Waals surface area contributed by atoms with Gasteiger partial charge in [0.05, 0.1) is 32.5 Å². The summed E-state index contributed by atoms with van der Waals surface area (Å²) >= 11 is 0. The maximum Gasteiger partial charge on any atom is 0.257 e. The summed E-state index contributed by atoms with van der Waals surface area (Å²) in [6.07, 6.45) is 0.360. The van der Waals surface area contributed by atoms with Crippen LogP contribution in [-0.2, 0) is 11.3 Å². The smallest absolute Gasteiger partial charge is 0.257 e. The lowest BCUT2D eigenvalue weighted by Crippen LogP contribution is -2.36. The van der Waals surface area contributed by atoms with Crippen LogP contribution >= 0.6 is 0 Å². The summed E-state index contributed by atoms with van der Waals surface area (Å²) in [5.41, 5.74) is 2.78. The maximum atomic E-state index is 14.6. The number of carbonyl (C=O) groups excluding carboxylic acids is 1. The molecule has 1 heterocycles. The molecule has 1 amide bonds. The second-order valence-corrected chi connectivity index (χ2v) is 8.25. The minimum absolute atomic E-state index is 0.158. The van der Waals surface area contributed by atoms with Crippen molar-refractivity contribution >= 4 is 11.6 Å². The Balaban J connectivity index is 1.65. The van der Waals surface area contributed by atoms with Crippen molar-refractivity contribution < 1.29 is 18.7 Å². The van der Waals surface area contributed by atoms with Gasteiger partial charge in [0, 0.05) is 24.1 Å². The fourth-order valence-corrected chi connectivity index (χ4v) is 4.19. The van der Waals surface area contributed by atoms with Crippen LogP contribution in [0.3, 0.4) is 0 Å². The normalized spacial score (nSPS) is 15.4. The van der Waals surface area contributed by atoms with Gasteiger partial charge in [-0.25, -0.2) is 9.40 Å². The summed E-state index contributed by atoms with van der Waals surface area (Å²) in [5, 5.41) is 6.06. The minimum Gasteiger partial charge on any atom is -0.497 e. The molecule has 0 N–H and O–H groups in total. The van der Waals surface area contributed by atoms with Gasteiger partial charge in [-0.1, -0.05) is 48.5 Å². The number of likely N-dealkylation sites (N-methyl/N-ethyl adjacent to an activating group) is 1. The average molecular weight is 462 g/mol. The van der Waals surface area contributed by atoms with Crippen LogP contribution in [0, 0.1) is 5.82 Å². The first-order chi connectivity index (χ1) is 16.5. The van der Waals surface area contributed by atoms with Crippen molar-refractivity contribution in [1.82, 2.24) is 9.91 Å². The summed E-state index contributed by atoms with van der Waals surface area (Å²) in [5.74, 6) is 0.711. The number of amides is 1. The van der Waals surface area contributed by atoms with Crippen LogP contribution in [-0.4, -0.2) is 49.3 Å². The Morgan fingerprint density at radius 2 is 1.79 bits per heavy atom. The number of carbonyl (C=O) groups is 1.